The molecule has 0 aliphatic carbocycles. The van der Waals surface area contributed by atoms with E-state index in [1.807, 2.05) is 0 Å². The van der Waals surface area contributed by atoms with E-state index in [0.29, 0.717) is 19.3 Å². The molecule has 1 saturated heterocycles. The fraction of sp³-hybridized carbons (Fsp3) is 0.450. The molecule has 11 heteroatoms. The van der Waals surface area contributed by atoms with Gasteiger partial charge in [-0.2, -0.15) is 18.2 Å². The molecule has 7 nitrogen and oxygen atoms in total. The minimum absolute atomic E-state index is 0.0936. The lowest BCUT2D eigenvalue weighted by Gasteiger charge is -2.27. The quantitative estimate of drug-likeness (QED) is 0.645. The molecule has 0 unspecified atom stereocenters. The van der Waals surface area contributed by atoms with Crippen LogP contribution >= 0.6 is 0 Å². The zero-order valence-corrected chi connectivity index (χ0v) is 17.1. The summed E-state index contributed by atoms with van der Waals surface area (Å²) in [7, 11) is 1.29. The highest BCUT2D eigenvalue weighted by atomic mass is 19.4. The van der Waals surface area contributed by atoms with E-state index in [2.05, 4.69) is 20.6 Å². The number of halogens is 4. The number of amides is 1. The van der Waals surface area contributed by atoms with E-state index in [9.17, 15) is 22.4 Å². The van der Waals surface area contributed by atoms with E-state index in [0.717, 1.165) is 25.3 Å². The molecule has 0 saturated carbocycles. The van der Waals surface area contributed by atoms with Crippen LogP contribution in [-0.2, 0) is 6.18 Å². The van der Waals surface area contributed by atoms with Crippen molar-refractivity contribution < 1.29 is 27.1 Å². The molecule has 2 aromatic rings. The van der Waals surface area contributed by atoms with Gasteiger partial charge in [0.15, 0.2) is 0 Å². The molecule has 1 fully saturated rings. The van der Waals surface area contributed by atoms with Gasteiger partial charge in [-0.15, -0.1) is 0 Å². The van der Waals surface area contributed by atoms with Gasteiger partial charge in [0.2, 0.25) is 5.95 Å². The Bertz CT molecular complexity index is 946. The molecular formula is C20H23F4N5O2. The standard InChI is InChI=1S/C20H23F4N5O2/c1-3-31-16-10-15(14(21)9-12(16)18(30)29-7-5-4-6-8-29)27-19-26-11-13(20(22,23)24)17(25-2)28-19/h9-11H,3-8H2,1-2H3,(H2,25,26,27,28). The van der Waals surface area contributed by atoms with Crippen molar-refractivity contribution in [2.45, 2.75) is 32.4 Å². The molecule has 168 valence electrons. The number of hydrogen-bond donors (Lipinski definition) is 2. The molecule has 0 atom stereocenters. The Morgan fingerprint density at radius 3 is 2.55 bits per heavy atom. The van der Waals surface area contributed by atoms with Gasteiger partial charge < -0.3 is 20.3 Å². The third-order valence-corrected chi connectivity index (χ3v) is 4.82. The summed E-state index contributed by atoms with van der Waals surface area (Å²) in [5.74, 6) is -1.63. The molecule has 1 aromatic carbocycles. The van der Waals surface area contributed by atoms with Gasteiger partial charge >= 0.3 is 6.18 Å². The van der Waals surface area contributed by atoms with E-state index in [-0.39, 0.29) is 35.5 Å². The van der Waals surface area contributed by atoms with Gasteiger partial charge in [-0.05, 0) is 32.3 Å². The summed E-state index contributed by atoms with van der Waals surface area (Å²) in [6.07, 6.45) is -1.22. The summed E-state index contributed by atoms with van der Waals surface area (Å²) >= 11 is 0. The number of benzene rings is 1. The van der Waals surface area contributed by atoms with Crippen LogP contribution in [-0.4, -0.2) is 47.5 Å². The van der Waals surface area contributed by atoms with E-state index < -0.39 is 23.4 Å². The van der Waals surface area contributed by atoms with Crippen molar-refractivity contribution in [1.82, 2.24) is 14.9 Å². The molecule has 2 N–H and O–H groups in total. The fourth-order valence-corrected chi connectivity index (χ4v) is 3.32. The highest BCUT2D eigenvalue weighted by Crippen LogP contribution is 2.35. The lowest BCUT2D eigenvalue weighted by molar-refractivity contribution is -0.137. The number of anilines is 3. The molecule has 0 spiro atoms. The summed E-state index contributed by atoms with van der Waals surface area (Å²) in [4.78, 5) is 21.9. The second-order valence-electron chi connectivity index (χ2n) is 6.94. The minimum Gasteiger partial charge on any atom is -0.493 e. The molecule has 2 heterocycles. The topological polar surface area (TPSA) is 79.4 Å². The van der Waals surface area contributed by atoms with Crippen molar-refractivity contribution in [3.8, 4) is 5.75 Å². The van der Waals surface area contributed by atoms with Crippen LogP contribution in [0.2, 0.25) is 0 Å². The minimum atomic E-state index is -4.64. The average Bonchev–Trinajstić information content (AvgIpc) is 2.75. The molecule has 3 rings (SSSR count). The lowest BCUT2D eigenvalue weighted by atomic mass is 10.1. The van der Waals surface area contributed by atoms with Crippen molar-refractivity contribution in [3.63, 3.8) is 0 Å². The van der Waals surface area contributed by atoms with E-state index in [1.165, 1.54) is 13.1 Å². The molecule has 0 radical (unpaired) electrons. The van der Waals surface area contributed by atoms with E-state index in [4.69, 9.17) is 4.74 Å². The van der Waals surface area contributed by atoms with Crippen LogP contribution in [0.3, 0.4) is 0 Å². The Morgan fingerprint density at radius 2 is 1.94 bits per heavy atom. The SMILES string of the molecule is CCOc1cc(Nc2ncc(C(F)(F)F)c(NC)n2)c(F)cc1C(=O)N1CCCCC1. The number of rotatable bonds is 6. The summed E-state index contributed by atoms with van der Waals surface area (Å²) in [6.45, 7) is 3.16. The maximum atomic E-state index is 14.8. The number of hydrogen-bond acceptors (Lipinski definition) is 6. The molecule has 1 aromatic heterocycles. The number of ether oxygens (including phenoxy) is 1. The Morgan fingerprint density at radius 1 is 1.23 bits per heavy atom. The maximum Gasteiger partial charge on any atom is 0.421 e. The zero-order valence-electron chi connectivity index (χ0n) is 17.1. The molecule has 31 heavy (non-hydrogen) atoms. The smallest absolute Gasteiger partial charge is 0.421 e. The van der Waals surface area contributed by atoms with Crippen LogP contribution in [0.1, 0.15) is 42.1 Å². The van der Waals surface area contributed by atoms with Crippen molar-refractivity contribution in [2.24, 2.45) is 0 Å². The first-order valence-corrected chi connectivity index (χ1v) is 9.89. The molecular weight excluding hydrogens is 418 g/mol. The van der Waals surface area contributed by atoms with Crippen molar-refractivity contribution >= 4 is 23.4 Å². The first-order chi connectivity index (χ1) is 14.7. The fourth-order valence-electron chi connectivity index (χ4n) is 3.32. The number of likely N-dealkylation sites (tertiary alicyclic amines) is 1. The molecule has 1 aliphatic heterocycles. The average molecular weight is 441 g/mol. The Hall–Kier alpha value is -3.11. The van der Waals surface area contributed by atoms with Gasteiger partial charge in [0.25, 0.3) is 5.91 Å². The Kier molecular flexibility index (Phi) is 6.81. The van der Waals surface area contributed by atoms with Crippen molar-refractivity contribution in [1.29, 1.82) is 0 Å². The van der Waals surface area contributed by atoms with Crippen LogP contribution in [0.4, 0.5) is 35.0 Å². The van der Waals surface area contributed by atoms with E-state index >= 15 is 0 Å². The summed E-state index contributed by atoms with van der Waals surface area (Å²) < 4.78 is 59.4. The first kappa shape index (κ1) is 22.6. The van der Waals surface area contributed by atoms with Crippen LogP contribution in [0.15, 0.2) is 18.3 Å². The van der Waals surface area contributed by atoms with Crippen LogP contribution < -0.4 is 15.4 Å². The number of nitrogens with one attached hydrogen (secondary N) is 2. The van der Waals surface area contributed by atoms with Gasteiger partial charge in [0.05, 0.1) is 17.9 Å². The zero-order chi connectivity index (χ0) is 22.6. The van der Waals surface area contributed by atoms with E-state index in [1.54, 1.807) is 11.8 Å². The number of piperidine rings is 1. The van der Waals surface area contributed by atoms with Gasteiger partial charge in [0.1, 0.15) is 22.9 Å². The predicted octanol–water partition coefficient (Wildman–Crippen LogP) is 4.44. The molecule has 0 bridgehead atoms. The Labute approximate surface area is 176 Å². The monoisotopic (exact) mass is 441 g/mol. The number of carbonyl (C=O) groups excluding carboxylic acids is 1. The second-order valence-corrected chi connectivity index (χ2v) is 6.94. The van der Waals surface area contributed by atoms with Crippen LogP contribution in [0.25, 0.3) is 0 Å². The third-order valence-electron chi connectivity index (χ3n) is 4.82. The first-order valence-electron chi connectivity index (χ1n) is 9.89. The number of alkyl halides is 3. The van der Waals surface area contributed by atoms with Gasteiger partial charge in [-0.1, -0.05) is 0 Å². The predicted molar refractivity (Wildman–Crippen MR) is 107 cm³/mol. The van der Waals surface area contributed by atoms with Crippen molar-refractivity contribution in [2.75, 3.05) is 37.4 Å². The highest BCUT2D eigenvalue weighted by molar-refractivity contribution is 5.97. The molecule has 1 aliphatic rings. The van der Waals surface area contributed by atoms with Crippen LogP contribution in [0.5, 0.6) is 5.75 Å². The number of aromatic nitrogens is 2. The number of carbonyl (C=O) groups is 1. The summed E-state index contributed by atoms with van der Waals surface area (Å²) in [5, 5.41) is 4.92. The van der Waals surface area contributed by atoms with Gasteiger partial charge in [-0.25, -0.2) is 9.37 Å². The molecule has 1 amide bonds. The summed E-state index contributed by atoms with van der Waals surface area (Å²) in [6, 6.07) is 2.35. The van der Waals surface area contributed by atoms with Gasteiger partial charge in [0, 0.05) is 32.4 Å². The normalized spacial score (nSPS) is 14.3. The van der Waals surface area contributed by atoms with Crippen LogP contribution in [0, 0.1) is 5.82 Å². The Balaban J connectivity index is 1.92. The highest BCUT2D eigenvalue weighted by Gasteiger charge is 2.35. The summed E-state index contributed by atoms with van der Waals surface area (Å²) in [5.41, 5.74) is -1.07. The van der Waals surface area contributed by atoms with Crippen molar-refractivity contribution in [3.05, 3.63) is 35.3 Å². The second kappa shape index (κ2) is 9.36. The largest absolute Gasteiger partial charge is 0.493 e. The third kappa shape index (κ3) is 5.15. The number of nitrogens with zero attached hydrogens (tertiary/aromatic N) is 3. The lowest BCUT2D eigenvalue weighted by Crippen LogP contribution is -2.35. The van der Waals surface area contributed by atoms with Gasteiger partial charge in [-0.3, -0.25) is 4.79 Å². The maximum absolute atomic E-state index is 14.8.